The molecule has 180 valence electrons. The molecule has 0 saturated heterocycles. The first kappa shape index (κ1) is 21.7. The van der Waals surface area contributed by atoms with Gasteiger partial charge in [-0.2, -0.15) is 0 Å². The van der Waals surface area contributed by atoms with Gasteiger partial charge in [-0.15, -0.1) is 10.2 Å². The van der Waals surface area contributed by atoms with E-state index < -0.39 is 0 Å². The van der Waals surface area contributed by atoms with Crippen LogP contribution in [0.4, 0.5) is 10.6 Å². The van der Waals surface area contributed by atoms with Gasteiger partial charge in [0.15, 0.2) is 5.82 Å². The molecule has 0 unspecified atom stereocenters. The van der Waals surface area contributed by atoms with Gasteiger partial charge in [-0.1, -0.05) is 6.07 Å². The number of hydrogen-bond acceptors (Lipinski definition) is 7. The van der Waals surface area contributed by atoms with Crippen molar-refractivity contribution in [3.63, 3.8) is 0 Å². The number of pyridine rings is 2. The van der Waals surface area contributed by atoms with Crippen LogP contribution < -0.4 is 5.32 Å². The van der Waals surface area contributed by atoms with Gasteiger partial charge in [-0.25, -0.2) is 9.78 Å². The van der Waals surface area contributed by atoms with Crippen molar-refractivity contribution in [3.05, 3.63) is 53.1 Å². The molecule has 0 spiro atoms. The number of aryl methyl sites for hydroxylation is 1. The average Bonchev–Trinajstić information content (AvgIpc) is 3.63. The van der Waals surface area contributed by atoms with Crippen molar-refractivity contribution in [1.29, 1.82) is 0 Å². The van der Waals surface area contributed by atoms with Crippen LogP contribution in [0.1, 0.15) is 59.5 Å². The van der Waals surface area contributed by atoms with Gasteiger partial charge in [0.25, 0.3) is 5.91 Å². The molecule has 1 saturated carbocycles. The van der Waals surface area contributed by atoms with E-state index in [0.29, 0.717) is 36.8 Å². The second kappa shape index (κ2) is 9.09. The maximum absolute atomic E-state index is 13.0. The molecular weight excluding hydrogens is 446 g/mol. The number of nitrogens with one attached hydrogen (secondary N) is 1. The summed E-state index contributed by atoms with van der Waals surface area (Å²) in [4.78, 5) is 36.2. The zero-order chi connectivity index (χ0) is 23.8. The van der Waals surface area contributed by atoms with E-state index in [1.165, 1.54) is 0 Å². The third kappa shape index (κ3) is 4.36. The number of aromatic nitrogens is 5. The molecule has 3 aromatic heterocycles. The minimum Gasteiger partial charge on any atom is -0.446 e. The first-order chi connectivity index (χ1) is 17.1. The maximum atomic E-state index is 13.0. The maximum Gasteiger partial charge on any atom is 0.410 e. The Morgan fingerprint density at radius 3 is 2.80 bits per heavy atom. The van der Waals surface area contributed by atoms with E-state index >= 15 is 0 Å². The molecule has 35 heavy (non-hydrogen) atoms. The Hall–Kier alpha value is -3.82. The number of ether oxygens (including phenoxy) is 1. The molecule has 3 aromatic rings. The fraction of sp³-hybridized carbons (Fsp3) is 0.440. The first-order valence-corrected chi connectivity index (χ1v) is 12.3. The standard InChI is InChI=1S/C25H27N7O3/c33-24(28-21-8-3-7-19(27-21)23-30-29-22-9-4-11-32(22)23)20-13-17-15-31(12-10-16(17)14-26-20)25(34)35-18-5-1-2-6-18/h3,7-8,13-14,18H,1-2,4-6,9-12,15H2,(H,27,28,33). The van der Waals surface area contributed by atoms with Crippen LogP contribution >= 0.6 is 0 Å². The summed E-state index contributed by atoms with van der Waals surface area (Å²) >= 11 is 0. The summed E-state index contributed by atoms with van der Waals surface area (Å²) in [6.45, 7) is 1.88. The Morgan fingerprint density at radius 1 is 1.03 bits per heavy atom. The van der Waals surface area contributed by atoms with Gasteiger partial charge in [-0.05, 0) is 67.9 Å². The Kier molecular flexibility index (Phi) is 5.63. The van der Waals surface area contributed by atoms with E-state index in [0.717, 1.165) is 62.0 Å². The molecule has 10 nitrogen and oxygen atoms in total. The average molecular weight is 474 g/mol. The minimum absolute atomic E-state index is 0.0322. The van der Waals surface area contributed by atoms with Gasteiger partial charge in [0.05, 0.1) is 0 Å². The summed E-state index contributed by atoms with van der Waals surface area (Å²) < 4.78 is 7.74. The number of rotatable bonds is 4. The lowest BCUT2D eigenvalue weighted by molar-refractivity contribution is 0.0618. The van der Waals surface area contributed by atoms with E-state index in [1.807, 2.05) is 12.1 Å². The molecule has 2 aliphatic heterocycles. The number of anilines is 1. The van der Waals surface area contributed by atoms with Crippen LogP contribution in [0.3, 0.4) is 0 Å². The molecule has 2 amide bonds. The van der Waals surface area contributed by atoms with Crippen molar-refractivity contribution in [2.75, 3.05) is 11.9 Å². The number of nitrogens with zero attached hydrogens (tertiary/aromatic N) is 6. The number of fused-ring (bicyclic) bond motifs is 2. The smallest absolute Gasteiger partial charge is 0.410 e. The van der Waals surface area contributed by atoms with Crippen LogP contribution in [-0.2, 0) is 30.7 Å². The number of carbonyl (C=O) groups excluding carboxylic acids is 2. The van der Waals surface area contributed by atoms with Crippen molar-refractivity contribution in [2.24, 2.45) is 0 Å². The third-order valence-electron chi connectivity index (χ3n) is 6.98. The quantitative estimate of drug-likeness (QED) is 0.618. The summed E-state index contributed by atoms with van der Waals surface area (Å²) in [6.07, 6.45) is 8.27. The Labute approximate surface area is 202 Å². The van der Waals surface area contributed by atoms with Crippen LogP contribution in [0.2, 0.25) is 0 Å². The third-order valence-corrected chi connectivity index (χ3v) is 6.98. The van der Waals surface area contributed by atoms with Crippen LogP contribution in [0.15, 0.2) is 30.5 Å². The van der Waals surface area contributed by atoms with Gasteiger partial charge in [0, 0.05) is 32.3 Å². The van der Waals surface area contributed by atoms with Gasteiger partial charge in [0.2, 0.25) is 0 Å². The van der Waals surface area contributed by atoms with Gasteiger partial charge < -0.3 is 19.5 Å². The molecule has 0 atom stereocenters. The molecule has 1 fully saturated rings. The monoisotopic (exact) mass is 473 g/mol. The van der Waals surface area contributed by atoms with Crippen molar-refractivity contribution in [2.45, 2.75) is 64.1 Å². The Bertz CT molecular complexity index is 1280. The first-order valence-electron chi connectivity index (χ1n) is 12.3. The van der Waals surface area contributed by atoms with Crippen molar-refractivity contribution in [3.8, 4) is 11.5 Å². The van der Waals surface area contributed by atoms with E-state index in [9.17, 15) is 9.59 Å². The zero-order valence-corrected chi connectivity index (χ0v) is 19.4. The molecule has 0 radical (unpaired) electrons. The second-order valence-corrected chi connectivity index (χ2v) is 9.36. The van der Waals surface area contributed by atoms with Gasteiger partial charge >= 0.3 is 6.09 Å². The van der Waals surface area contributed by atoms with Crippen molar-refractivity contribution in [1.82, 2.24) is 29.6 Å². The molecule has 1 aliphatic carbocycles. The molecule has 6 rings (SSSR count). The number of amides is 2. The summed E-state index contributed by atoms with van der Waals surface area (Å²) in [5, 5.41) is 11.4. The summed E-state index contributed by atoms with van der Waals surface area (Å²) in [7, 11) is 0. The molecule has 0 aromatic carbocycles. The molecular formula is C25H27N7O3. The lowest BCUT2D eigenvalue weighted by Gasteiger charge is -2.29. The lowest BCUT2D eigenvalue weighted by atomic mass is 10.0. The largest absolute Gasteiger partial charge is 0.446 e. The molecule has 5 heterocycles. The summed E-state index contributed by atoms with van der Waals surface area (Å²) in [5.41, 5.74) is 2.91. The zero-order valence-electron chi connectivity index (χ0n) is 19.4. The highest BCUT2D eigenvalue weighted by molar-refractivity contribution is 6.02. The summed E-state index contributed by atoms with van der Waals surface area (Å²) in [6, 6.07) is 7.20. The summed E-state index contributed by atoms with van der Waals surface area (Å²) in [5.74, 6) is 1.75. The van der Waals surface area contributed by atoms with Crippen LogP contribution in [0.5, 0.6) is 0 Å². The van der Waals surface area contributed by atoms with E-state index in [4.69, 9.17) is 4.74 Å². The highest BCUT2D eigenvalue weighted by Gasteiger charge is 2.27. The Balaban J connectivity index is 1.15. The van der Waals surface area contributed by atoms with Crippen LogP contribution in [0, 0.1) is 0 Å². The number of hydrogen-bond donors (Lipinski definition) is 1. The second-order valence-electron chi connectivity index (χ2n) is 9.36. The Morgan fingerprint density at radius 2 is 1.91 bits per heavy atom. The van der Waals surface area contributed by atoms with Gasteiger partial charge in [0.1, 0.15) is 29.1 Å². The normalized spacial score (nSPS) is 17.2. The van der Waals surface area contributed by atoms with Crippen LogP contribution in [-0.4, -0.2) is 54.3 Å². The van der Waals surface area contributed by atoms with Crippen LogP contribution in [0.25, 0.3) is 11.5 Å². The number of carbonyl (C=O) groups is 2. The minimum atomic E-state index is -0.352. The fourth-order valence-electron chi connectivity index (χ4n) is 5.09. The van der Waals surface area contributed by atoms with E-state index in [2.05, 4.69) is 30.0 Å². The van der Waals surface area contributed by atoms with Crippen molar-refractivity contribution < 1.29 is 14.3 Å². The fourth-order valence-corrected chi connectivity index (χ4v) is 5.09. The van der Waals surface area contributed by atoms with E-state index in [1.54, 1.807) is 23.2 Å². The molecule has 1 N–H and O–H groups in total. The molecule has 0 bridgehead atoms. The van der Waals surface area contributed by atoms with Crippen molar-refractivity contribution >= 4 is 17.8 Å². The SMILES string of the molecule is O=C(Nc1cccc(-c2nnc3n2CCC3)n1)c1cc2c(cn1)CCN(C(=O)OC1CCCC1)C2. The van der Waals surface area contributed by atoms with E-state index in [-0.39, 0.29) is 23.8 Å². The lowest BCUT2D eigenvalue weighted by Crippen LogP contribution is -2.38. The predicted octanol–water partition coefficient (Wildman–Crippen LogP) is 3.37. The highest BCUT2D eigenvalue weighted by Crippen LogP contribution is 2.25. The highest BCUT2D eigenvalue weighted by atomic mass is 16.6. The molecule has 10 heteroatoms. The molecule has 3 aliphatic rings. The van der Waals surface area contributed by atoms with Gasteiger partial charge in [-0.3, -0.25) is 9.78 Å². The predicted molar refractivity (Wildman–Crippen MR) is 127 cm³/mol. The topological polar surface area (TPSA) is 115 Å².